The predicted octanol–water partition coefficient (Wildman–Crippen LogP) is 3.95. The summed E-state index contributed by atoms with van der Waals surface area (Å²) in [5.74, 6) is 0.0359. The Balaban J connectivity index is 0.00000210. The number of hydrogen-bond acceptors (Lipinski definition) is 6. The first-order chi connectivity index (χ1) is 12.8. The number of carbonyl (C=O) groups is 1. The van der Waals surface area contributed by atoms with Gasteiger partial charge in [0.2, 0.25) is 5.91 Å². The van der Waals surface area contributed by atoms with Crippen molar-refractivity contribution in [3.8, 4) is 0 Å². The van der Waals surface area contributed by atoms with Gasteiger partial charge in [0.15, 0.2) is 5.13 Å². The van der Waals surface area contributed by atoms with Crippen molar-refractivity contribution in [3.63, 3.8) is 0 Å². The molecule has 1 fully saturated rings. The molecule has 9 heteroatoms. The summed E-state index contributed by atoms with van der Waals surface area (Å²) in [6.07, 6.45) is 3.63. The van der Waals surface area contributed by atoms with E-state index in [2.05, 4.69) is 34.6 Å². The van der Waals surface area contributed by atoms with Crippen molar-refractivity contribution in [2.75, 3.05) is 25.1 Å². The van der Waals surface area contributed by atoms with Crippen molar-refractivity contribution in [2.45, 2.75) is 42.9 Å². The molecule has 162 valence electrons. The van der Waals surface area contributed by atoms with Gasteiger partial charge in [0.1, 0.15) is 0 Å². The number of rotatable bonds is 5. The smallest absolute Gasteiger partial charge is 0.240 e. The van der Waals surface area contributed by atoms with E-state index in [1.807, 2.05) is 31.1 Å². The lowest BCUT2D eigenvalue weighted by Crippen LogP contribution is -2.56. The van der Waals surface area contributed by atoms with Crippen LogP contribution in [0.1, 0.15) is 37.9 Å². The number of benzene rings is 1. The number of aromatic nitrogens is 1. The molecule has 1 aromatic heterocycles. The van der Waals surface area contributed by atoms with E-state index in [1.54, 1.807) is 11.8 Å². The molecule has 0 bridgehead atoms. The first kappa shape index (κ1) is 26.0. The number of thioether (sulfide) groups is 1. The highest BCUT2D eigenvalue weighted by Gasteiger charge is 2.42. The summed E-state index contributed by atoms with van der Waals surface area (Å²) in [4.78, 5) is 19.5. The number of amides is 1. The summed E-state index contributed by atoms with van der Waals surface area (Å²) in [5.41, 5.74) is 14.3. The highest BCUT2D eigenvalue weighted by atomic mass is 35.5. The average Bonchev–Trinajstić information content (AvgIpc) is 3.14. The van der Waals surface area contributed by atoms with Gasteiger partial charge in [-0.3, -0.25) is 4.79 Å². The number of piperidine rings is 1. The molecule has 1 aliphatic rings. The van der Waals surface area contributed by atoms with Crippen molar-refractivity contribution in [1.82, 2.24) is 9.88 Å². The first-order valence-corrected chi connectivity index (χ1v) is 11.3. The van der Waals surface area contributed by atoms with E-state index in [9.17, 15) is 4.79 Å². The van der Waals surface area contributed by atoms with Gasteiger partial charge in [-0.15, -0.1) is 36.2 Å². The lowest BCUT2D eigenvalue weighted by Gasteiger charge is -2.43. The maximum atomic E-state index is 12.9. The minimum absolute atomic E-state index is 0. The van der Waals surface area contributed by atoms with E-state index < -0.39 is 6.04 Å². The first-order valence-electron chi connectivity index (χ1n) is 9.17. The highest BCUT2D eigenvalue weighted by molar-refractivity contribution is 8.00. The van der Waals surface area contributed by atoms with Crippen molar-refractivity contribution in [3.05, 3.63) is 47.0 Å². The van der Waals surface area contributed by atoms with Crippen LogP contribution in [-0.2, 0) is 10.2 Å². The number of halogens is 2. The van der Waals surface area contributed by atoms with Gasteiger partial charge >= 0.3 is 0 Å². The number of nitrogens with zero attached hydrogens (tertiary/aromatic N) is 2. The summed E-state index contributed by atoms with van der Waals surface area (Å²) >= 11 is 3.10. The fourth-order valence-electron chi connectivity index (χ4n) is 3.69. The van der Waals surface area contributed by atoms with Crippen LogP contribution in [0.3, 0.4) is 0 Å². The SMILES string of the molecule is CSC(C)(C)[C@H](N)C(=O)N1CCC(c2ccccc2)(c2csc(N)n2)CC1.Cl.Cl. The molecule has 0 radical (unpaired) electrons. The topological polar surface area (TPSA) is 85.2 Å². The molecule has 1 saturated heterocycles. The highest BCUT2D eigenvalue weighted by Crippen LogP contribution is 2.42. The number of carbonyl (C=O) groups excluding carboxylic acids is 1. The Kier molecular flexibility index (Phi) is 9.30. The summed E-state index contributed by atoms with van der Waals surface area (Å²) in [7, 11) is 0. The zero-order valence-corrected chi connectivity index (χ0v) is 20.2. The molecule has 1 aromatic carbocycles. The van der Waals surface area contributed by atoms with Gasteiger partial charge in [0, 0.05) is 28.6 Å². The predicted molar refractivity (Wildman–Crippen MR) is 130 cm³/mol. The Hall–Kier alpha value is -0.990. The van der Waals surface area contributed by atoms with Gasteiger partial charge in [0.05, 0.1) is 11.7 Å². The molecule has 5 nitrogen and oxygen atoms in total. The minimum Gasteiger partial charge on any atom is -0.375 e. The Bertz CT molecular complexity index is 793. The van der Waals surface area contributed by atoms with Gasteiger partial charge in [-0.2, -0.15) is 11.8 Å². The maximum absolute atomic E-state index is 12.9. The van der Waals surface area contributed by atoms with Crippen molar-refractivity contribution < 1.29 is 4.79 Å². The van der Waals surface area contributed by atoms with E-state index in [1.165, 1.54) is 16.9 Å². The Morgan fingerprint density at radius 2 is 1.83 bits per heavy atom. The molecule has 29 heavy (non-hydrogen) atoms. The van der Waals surface area contributed by atoms with Crippen LogP contribution in [0.15, 0.2) is 35.7 Å². The van der Waals surface area contributed by atoms with Gasteiger partial charge in [-0.05, 0) is 38.5 Å². The summed E-state index contributed by atoms with van der Waals surface area (Å²) < 4.78 is -0.283. The number of anilines is 1. The molecule has 0 spiro atoms. The molecule has 1 atom stereocenters. The van der Waals surface area contributed by atoms with Gasteiger partial charge in [0.25, 0.3) is 0 Å². The van der Waals surface area contributed by atoms with Crippen molar-refractivity contribution in [1.29, 1.82) is 0 Å². The van der Waals surface area contributed by atoms with Crippen molar-refractivity contribution >= 4 is 59.0 Å². The molecule has 0 saturated carbocycles. The standard InChI is InChI=1S/C20H28N4OS2.2ClH/c1-19(2,26-3)16(21)17(25)24-11-9-20(10-12-24,14-7-5-4-6-8-14)15-13-27-18(22)23-15;;/h4-8,13,16H,9-12,21H2,1-3H3,(H2,22,23);2*1H/t16-;;/m1../s1. The minimum atomic E-state index is -0.508. The maximum Gasteiger partial charge on any atom is 0.240 e. The fourth-order valence-corrected chi connectivity index (χ4v) is 4.70. The van der Waals surface area contributed by atoms with Gasteiger partial charge in [-0.25, -0.2) is 4.98 Å². The molecule has 3 rings (SSSR count). The monoisotopic (exact) mass is 476 g/mol. The van der Waals surface area contributed by atoms with Crippen LogP contribution in [0.4, 0.5) is 5.13 Å². The van der Waals surface area contributed by atoms with Crippen LogP contribution in [0.2, 0.25) is 0 Å². The van der Waals surface area contributed by atoms with Crippen LogP contribution in [0.5, 0.6) is 0 Å². The van der Waals surface area contributed by atoms with Crippen LogP contribution >= 0.6 is 47.9 Å². The van der Waals surface area contributed by atoms with Crippen molar-refractivity contribution in [2.24, 2.45) is 5.73 Å². The molecule has 2 aromatic rings. The fraction of sp³-hybridized carbons (Fsp3) is 0.500. The normalized spacial score (nSPS) is 17.0. The second-order valence-corrected chi connectivity index (χ2v) is 9.98. The summed E-state index contributed by atoms with van der Waals surface area (Å²) in [6, 6.07) is 9.93. The van der Waals surface area contributed by atoms with E-state index in [0.29, 0.717) is 18.2 Å². The van der Waals surface area contributed by atoms with E-state index in [-0.39, 0.29) is 40.9 Å². The third kappa shape index (κ3) is 5.20. The number of nitrogens with two attached hydrogens (primary N) is 2. The molecule has 0 aliphatic carbocycles. The molecule has 0 unspecified atom stereocenters. The number of thiazole rings is 1. The van der Waals surface area contributed by atoms with Crippen LogP contribution in [0.25, 0.3) is 0 Å². The molecule has 1 amide bonds. The second-order valence-electron chi connectivity index (χ2n) is 7.63. The zero-order valence-electron chi connectivity index (χ0n) is 17.0. The lowest BCUT2D eigenvalue weighted by molar-refractivity contribution is -0.134. The van der Waals surface area contributed by atoms with Gasteiger partial charge < -0.3 is 16.4 Å². The Labute approximate surface area is 193 Å². The number of likely N-dealkylation sites (tertiary alicyclic amines) is 1. The quantitative estimate of drug-likeness (QED) is 0.681. The van der Waals surface area contributed by atoms with Crippen LogP contribution in [-0.4, -0.2) is 45.9 Å². The molecular weight excluding hydrogens is 447 g/mol. The average molecular weight is 478 g/mol. The second kappa shape index (κ2) is 10.4. The van der Waals surface area contributed by atoms with Crippen LogP contribution < -0.4 is 11.5 Å². The Morgan fingerprint density at radius 3 is 2.31 bits per heavy atom. The summed E-state index contributed by atoms with van der Waals surface area (Å²) in [6.45, 7) is 5.39. The van der Waals surface area contributed by atoms with E-state index >= 15 is 0 Å². The van der Waals surface area contributed by atoms with E-state index in [0.717, 1.165) is 18.5 Å². The number of nitrogen functional groups attached to an aromatic ring is 1. The third-order valence-electron chi connectivity index (χ3n) is 5.81. The van der Waals surface area contributed by atoms with E-state index in [4.69, 9.17) is 11.5 Å². The molecular formula is C20H30Cl2N4OS2. The molecule has 4 N–H and O–H groups in total. The largest absolute Gasteiger partial charge is 0.375 e. The summed E-state index contributed by atoms with van der Waals surface area (Å²) in [5, 5.41) is 2.64. The number of hydrogen-bond donors (Lipinski definition) is 2. The van der Waals surface area contributed by atoms with Crippen LogP contribution in [0, 0.1) is 0 Å². The molecule has 1 aliphatic heterocycles. The molecule has 2 heterocycles. The zero-order chi connectivity index (χ0) is 19.7. The third-order valence-corrected chi connectivity index (χ3v) is 7.79. The van der Waals surface area contributed by atoms with Gasteiger partial charge in [-0.1, -0.05) is 30.3 Å². The Morgan fingerprint density at radius 1 is 1.24 bits per heavy atom. The lowest BCUT2D eigenvalue weighted by atomic mass is 9.70.